The van der Waals surface area contributed by atoms with E-state index >= 15 is 0 Å². The monoisotopic (exact) mass is 224 g/mol. The Morgan fingerprint density at radius 1 is 1.40 bits per heavy atom. The first-order chi connectivity index (χ1) is 6.86. The van der Waals surface area contributed by atoms with Crippen molar-refractivity contribution in [2.45, 2.75) is 32.5 Å². The number of hydrogen-bond donors (Lipinski definition) is 1. The van der Waals surface area contributed by atoms with Gasteiger partial charge in [0, 0.05) is 6.54 Å². The quantitative estimate of drug-likeness (QED) is 0.792. The average molecular weight is 224 g/mol. The SMILES string of the molecule is CC(C)C(N1CCC(CN)C1)C(F)(F)F. The van der Waals surface area contributed by atoms with E-state index in [1.165, 1.54) is 4.90 Å². The first-order valence-corrected chi connectivity index (χ1v) is 5.37. The maximum Gasteiger partial charge on any atom is 0.404 e. The van der Waals surface area contributed by atoms with E-state index < -0.39 is 18.1 Å². The van der Waals surface area contributed by atoms with Crippen LogP contribution in [0.5, 0.6) is 0 Å². The van der Waals surface area contributed by atoms with E-state index in [-0.39, 0.29) is 5.92 Å². The van der Waals surface area contributed by atoms with Crippen LogP contribution >= 0.6 is 0 Å². The molecule has 15 heavy (non-hydrogen) atoms. The van der Waals surface area contributed by atoms with Gasteiger partial charge < -0.3 is 5.73 Å². The van der Waals surface area contributed by atoms with E-state index in [2.05, 4.69) is 0 Å². The minimum absolute atomic E-state index is 0.230. The van der Waals surface area contributed by atoms with Crippen molar-refractivity contribution in [3.05, 3.63) is 0 Å². The summed E-state index contributed by atoms with van der Waals surface area (Å²) >= 11 is 0. The summed E-state index contributed by atoms with van der Waals surface area (Å²) in [5, 5.41) is 0. The molecule has 2 atom stereocenters. The lowest BCUT2D eigenvalue weighted by atomic mass is 10.0. The predicted octanol–water partition coefficient (Wildman–Crippen LogP) is 1.85. The van der Waals surface area contributed by atoms with Gasteiger partial charge in [-0.3, -0.25) is 4.90 Å². The lowest BCUT2D eigenvalue weighted by Gasteiger charge is -2.32. The van der Waals surface area contributed by atoms with Crippen molar-refractivity contribution in [3.8, 4) is 0 Å². The molecule has 0 spiro atoms. The van der Waals surface area contributed by atoms with E-state index in [1.807, 2.05) is 0 Å². The maximum absolute atomic E-state index is 12.8. The van der Waals surface area contributed by atoms with Crippen molar-refractivity contribution >= 4 is 0 Å². The standard InChI is InChI=1S/C10H19F3N2/c1-7(2)9(10(11,12)13)15-4-3-8(5-14)6-15/h7-9H,3-6,14H2,1-2H3. The molecule has 0 radical (unpaired) electrons. The Morgan fingerprint density at radius 3 is 2.33 bits per heavy atom. The summed E-state index contributed by atoms with van der Waals surface area (Å²) in [5.74, 6) is -0.171. The van der Waals surface area contributed by atoms with Gasteiger partial charge in [0.2, 0.25) is 0 Å². The molecule has 1 aliphatic rings. The Balaban J connectivity index is 2.66. The summed E-state index contributed by atoms with van der Waals surface area (Å²) in [6, 6.07) is -1.31. The smallest absolute Gasteiger partial charge is 0.330 e. The van der Waals surface area contributed by atoms with Gasteiger partial charge in [0.25, 0.3) is 0 Å². The summed E-state index contributed by atoms with van der Waals surface area (Å²) in [6.07, 6.45) is -3.34. The van der Waals surface area contributed by atoms with Crippen molar-refractivity contribution in [2.24, 2.45) is 17.6 Å². The van der Waals surface area contributed by atoms with Crippen molar-refractivity contribution in [1.82, 2.24) is 4.90 Å². The summed E-state index contributed by atoms with van der Waals surface area (Å²) in [6.45, 7) is 4.73. The van der Waals surface area contributed by atoms with E-state index in [4.69, 9.17) is 5.73 Å². The highest BCUT2D eigenvalue weighted by molar-refractivity contribution is 4.87. The molecule has 0 aliphatic carbocycles. The second-order valence-corrected chi connectivity index (χ2v) is 4.62. The zero-order chi connectivity index (χ0) is 11.6. The Bertz CT molecular complexity index is 203. The molecule has 2 unspecified atom stereocenters. The summed E-state index contributed by atoms with van der Waals surface area (Å²) in [7, 11) is 0. The number of nitrogens with zero attached hydrogens (tertiary/aromatic N) is 1. The third-order valence-electron chi connectivity index (χ3n) is 3.01. The molecule has 0 aromatic carbocycles. The van der Waals surface area contributed by atoms with E-state index in [0.717, 1.165) is 6.42 Å². The molecule has 2 nitrogen and oxygen atoms in total. The summed E-state index contributed by atoms with van der Waals surface area (Å²) in [4.78, 5) is 1.53. The molecule has 90 valence electrons. The van der Waals surface area contributed by atoms with Gasteiger partial charge in [-0.2, -0.15) is 13.2 Å². The molecule has 0 saturated carbocycles. The fourth-order valence-corrected chi connectivity index (χ4v) is 2.31. The van der Waals surface area contributed by atoms with Gasteiger partial charge in [-0.1, -0.05) is 13.8 Å². The molecular weight excluding hydrogens is 205 g/mol. The topological polar surface area (TPSA) is 29.3 Å². The predicted molar refractivity (Wildman–Crippen MR) is 53.4 cm³/mol. The molecule has 5 heteroatoms. The van der Waals surface area contributed by atoms with Crippen LogP contribution in [0.25, 0.3) is 0 Å². The van der Waals surface area contributed by atoms with Gasteiger partial charge in [-0.05, 0) is 31.3 Å². The lowest BCUT2D eigenvalue weighted by Crippen LogP contribution is -2.48. The van der Waals surface area contributed by atoms with Crippen LogP contribution in [0.2, 0.25) is 0 Å². The zero-order valence-corrected chi connectivity index (χ0v) is 9.22. The van der Waals surface area contributed by atoms with Crippen LogP contribution in [0.3, 0.4) is 0 Å². The Hall–Kier alpha value is -0.290. The number of likely N-dealkylation sites (tertiary alicyclic amines) is 1. The van der Waals surface area contributed by atoms with Crippen molar-refractivity contribution < 1.29 is 13.2 Å². The normalized spacial score (nSPS) is 26.2. The maximum atomic E-state index is 12.8. The number of nitrogens with two attached hydrogens (primary N) is 1. The van der Waals surface area contributed by atoms with Crippen LogP contribution in [0, 0.1) is 11.8 Å². The Morgan fingerprint density at radius 2 is 2.00 bits per heavy atom. The summed E-state index contributed by atoms with van der Waals surface area (Å²) in [5.41, 5.74) is 5.47. The van der Waals surface area contributed by atoms with Crippen LogP contribution in [-0.4, -0.2) is 36.8 Å². The molecule has 0 aromatic rings. The zero-order valence-electron chi connectivity index (χ0n) is 9.22. The number of halogens is 3. The van der Waals surface area contributed by atoms with E-state index in [1.54, 1.807) is 13.8 Å². The van der Waals surface area contributed by atoms with Crippen molar-refractivity contribution in [3.63, 3.8) is 0 Å². The van der Waals surface area contributed by atoms with Gasteiger partial charge in [-0.25, -0.2) is 0 Å². The third-order valence-corrected chi connectivity index (χ3v) is 3.01. The molecule has 2 N–H and O–H groups in total. The molecule has 1 aliphatic heterocycles. The summed E-state index contributed by atoms with van der Waals surface area (Å²) < 4.78 is 38.3. The fourth-order valence-electron chi connectivity index (χ4n) is 2.31. The average Bonchev–Trinajstić information content (AvgIpc) is 2.49. The van der Waals surface area contributed by atoms with E-state index in [0.29, 0.717) is 19.6 Å². The lowest BCUT2D eigenvalue weighted by molar-refractivity contribution is -0.192. The van der Waals surface area contributed by atoms with Gasteiger partial charge in [0.05, 0.1) is 0 Å². The first kappa shape index (κ1) is 12.8. The molecule has 0 aromatic heterocycles. The second kappa shape index (κ2) is 4.70. The molecule has 1 fully saturated rings. The van der Waals surface area contributed by atoms with Gasteiger partial charge >= 0.3 is 6.18 Å². The van der Waals surface area contributed by atoms with Crippen LogP contribution in [0.15, 0.2) is 0 Å². The molecule has 0 bridgehead atoms. The minimum Gasteiger partial charge on any atom is -0.330 e. The van der Waals surface area contributed by atoms with Crippen LogP contribution in [-0.2, 0) is 0 Å². The van der Waals surface area contributed by atoms with Crippen molar-refractivity contribution in [1.29, 1.82) is 0 Å². The number of rotatable bonds is 3. The Labute approximate surface area is 88.6 Å². The highest BCUT2D eigenvalue weighted by atomic mass is 19.4. The number of alkyl halides is 3. The van der Waals surface area contributed by atoms with Crippen LogP contribution in [0.1, 0.15) is 20.3 Å². The third kappa shape index (κ3) is 3.08. The van der Waals surface area contributed by atoms with Crippen LogP contribution in [0.4, 0.5) is 13.2 Å². The van der Waals surface area contributed by atoms with Gasteiger partial charge in [0.1, 0.15) is 6.04 Å². The van der Waals surface area contributed by atoms with E-state index in [9.17, 15) is 13.2 Å². The highest BCUT2D eigenvalue weighted by Gasteiger charge is 2.46. The second-order valence-electron chi connectivity index (χ2n) is 4.62. The molecule has 0 amide bonds. The molecular formula is C10H19F3N2. The van der Waals surface area contributed by atoms with Gasteiger partial charge in [0.15, 0.2) is 0 Å². The highest BCUT2D eigenvalue weighted by Crippen LogP contribution is 2.33. The largest absolute Gasteiger partial charge is 0.404 e. The Kier molecular flexibility index (Phi) is 4.00. The van der Waals surface area contributed by atoms with Crippen molar-refractivity contribution in [2.75, 3.05) is 19.6 Å². The van der Waals surface area contributed by atoms with Crippen LogP contribution < -0.4 is 5.73 Å². The van der Waals surface area contributed by atoms with Gasteiger partial charge in [-0.15, -0.1) is 0 Å². The first-order valence-electron chi connectivity index (χ1n) is 5.37. The molecule has 1 heterocycles. The molecule has 1 saturated heterocycles. The number of hydrogen-bond acceptors (Lipinski definition) is 2. The fraction of sp³-hybridized carbons (Fsp3) is 1.00. The minimum atomic E-state index is -4.13. The molecule has 1 rings (SSSR count).